The molecule has 2 aromatic carbocycles. The average molecular weight is 596 g/mol. The van der Waals surface area contributed by atoms with Crippen molar-refractivity contribution in [2.24, 2.45) is 0 Å². The van der Waals surface area contributed by atoms with Crippen molar-refractivity contribution < 1.29 is 24.2 Å². The highest BCUT2D eigenvalue weighted by Gasteiger charge is 2.36. The lowest BCUT2D eigenvalue weighted by atomic mass is 9.98. The minimum absolute atomic E-state index is 0.111. The summed E-state index contributed by atoms with van der Waals surface area (Å²) in [5.41, 5.74) is 1.72. The number of hydrogen-bond donors (Lipinski definition) is 3. The molecule has 0 radical (unpaired) electrons. The van der Waals surface area contributed by atoms with E-state index in [4.69, 9.17) is 4.74 Å². The van der Waals surface area contributed by atoms with E-state index in [1.807, 2.05) is 31.2 Å². The molecule has 0 fully saturated rings. The number of amides is 3. The number of phenols is 1. The number of carbonyl (C=O) groups is 3. The number of phenolic OH excluding ortho intramolecular Hbond substituents is 1. The van der Waals surface area contributed by atoms with Crippen molar-refractivity contribution in [3.8, 4) is 5.75 Å². The fourth-order valence-electron chi connectivity index (χ4n) is 4.94. The van der Waals surface area contributed by atoms with Crippen LogP contribution in [0.3, 0.4) is 0 Å². The molecule has 0 bridgehead atoms. The molecule has 238 valence electrons. The topological polar surface area (TPSA) is 108 Å². The van der Waals surface area contributed by atoms with Crippen LogP contribution in [0.1, 0.15) is 109 Å². The highest BCUT2D eigenvalue weighted by molar-refractivity contribution is 5.92. The number of nitrogens with zero attached hydrogens (tertiary/aromatic N) is 1. The summed E-state index contributed by atoms with van der Waals surface area (Å²) in [7, 11) is 0. The fourth-order valence-corrected chi connectivity index (χ4v) is 4.94. The van der Waals surface area contributed by atoms with Gasteiger partial charge in [0.2, 0.25) is 11.8 Å². The Labute approximate surface area is 258 Å². The minimum atomic E-state index is -0.991. The molecule has 0 aliphatic carbocycles. The van der Waals surface area contributed by atoms with Crippen LogP contribution in [0.15, 0.2) is 48.5 Å². The zero-order valence-electron chi connectivity index (χ0n) is 27.1. The molecular formula is C35H53N3O5. The van der Waals surface area contributed by atoms with E-state index in [0.717, 1.165) is 61.6 Å². The van der Waals surface area contributed by atoms with Crippen LogP contribution in [-0.4, -0.2) is 52.6 Å². The van der Waals surface area contributed by atoms with Crippen LogP contribution < -0.4 is 10.6 Å². The van der Waals surface area contributed by atoms with Gasteiger partial charge in [-0.3, -0.25) is 9.59 Å². The maximum Gasteiger partial charge on any atom is 0.408 e. The van der Waals surface area contributed by atoms with Gasteiger partial charge in [0.15, 0.2) is 0 Å². The number of aromatic hydroxyl groups is 1. The van der Waals surface area contributed by atoms with Crippen LogP contribution in [0, 0.1) is 6.92 Å². The molecule has 3 amide bonds. The van der Waals surface area contributed by atoms with Crippen LogP contribution in [0.5, 0.6) is 5.75 Å². The molecule has 0 saturated heterocycles. The molecule has 0 spiro atoms. The van der Waals surface area contributed by atoms with Gasteiger partial charge in [-0.05, 0) is 63.8 Å². The van der Waals surface area contributed by atoms with Crippen molar-refractivity contribution >= 4 is 17.9 Å². The fraction of sp³-hybridized carbons (Fsp3) is 0.571. The Morgan fingerprint density at radius 1 is 0.907 bits per heavy atom. The smallest absolute Gasteiger partial charge is 0.408 e. The Hall–Kier alpha value is -3.55. The third-order valence-corrected chi connectivity index (χ3v) is 7.15. The Kier molecular flexibility index (Phi) is 15.1. The summed E-state index contributed by atoms with van der Waals surface area (Å²) in [5.74, 6) is -0.483. The van der Waals surface area contributed by atoms with Crippen molar-refractivity contribution in [2.45, 2.75) is 117 Å². The van der Waals surface area contributed by atoms with Crippen molar-refractivity contribution in [1.82, 2.24) is 15.5 Å². The van der Waals surface area contributed by atoms with Gasteiger partial charge in [-0.25, -0.2) is 4.79 Å². The van der Waals surface area contributed by atoms with E-state index in [9.17, 15) is 19.5 Å². The van der Waals surface area contributed by atoms with Crippen LogP contribution in [0.25, 0.3) is 0 Å². The van der Waals surface area contributed by atoms with Gasteiger partial charge in [-0.2, -0.15) is 0 Å². The summed E-state index contributed by atoms with van der Waals surface area (Å²) in [4.78, 5) is 43.0. The van der Waals surface area contributed by atoms with Gasteiger partial charge in [0, 0.05) is 19.5 Å². The van der Waals surface area contributed by atoms with Crippen LogP contribution in [0.2, 0.25) is 0 Å². The van der Waals surface area contributed by atoms with Gasteiger partial charge in [-0.1, -0.05) is 94.3 Å². The van der Waals surface area contributed by atoms with Gasteiger partial charge < -0.3 is 25.4 Å². The summed E-state index contributed by atoms with van der Waals surface area (Å²) in [5, 5.41) is 15.6. The number of ether oxygens (including phenoxy) is 1. The van der Waals surface area contributed by atoms with E-state index in [1.165, 1.54) is 6.42 Å². The van der Waals surface area contributed by atoms with E-state index in [0.29, 0.717) is 13.1 Å². The third kappa shape index (κ3) is 13.1. The molecule has 43 heavy (non-hydrogen) atoms. The van der Waals surface area contributed by atoms with Crippen molar-refractivity contribution in [1.29, 1.82) is 0 Å². The molecule has 0 saturated carbocycles. The van der Waals surface area contributed by atoms with Crippen molar-refractivity contribution in [3.05, 3.63) is 65.2 Å². The van der Waals surface area contributed by atoms with Crippen LogP contribution in [0.4, 0.5) is 4.79 Å². The van der Waals surface area contributed by atoms with Crippen molar-refractivity contribution in [3.63, 3.8) is 0 Å². The highest BCUT2D eigenvalue weighted by Crippen LogP contribution is 2.26. The molecule has 2 unspecified atom stereocenters. The maximum absolute atomic E-state index is 14.5. The summed E-state index contributed by atoms with van der Waals surface area (Å²) in [6.07, 6.45) is 7.41. The summed E-state index contributed by atoms with van der Waals surface area (Å²) in [6, 6.07) is 12.4. The molecule has 0 aliphatic heterocycles. The first-order valence-corrected chi connectivity index (χ1v) is 15.9. The molecule has 2 atom stereocenters. The second-order valence-corrected chi connectivity index (χ2v) is 12.3. The molecule has 8 heteroatoms. The van der Waals surface area contributed by atoms with E-state index in [2.05, 4.69) is 24.5 Å². The van der Waals surface area contributed by atoms with E-state index in [1.54, 1.807) is 49.9 Å². The van der Waals surface area contributed by atoms with E-state index < -0.39 is 23.8 Å². The summed E-state index contributed by atoms with van der Waals surface area (Å²) < 4.78 is 5.52. The van der Waals surface area contributed by atoms with Crippen molar-refractivity contribution in [2.75, 3.05) is 13.1 Å². The average Bonchev–Trinajstić information content (AvgIpc) is 2.93. The first kappa shape index (κ1) is 35.6. The lowest BCUT2D eigenvalue weighted by molar-refractivity contribution is -0.142. The monoisotopic (exact) mass is 595 g/mol. The van der Waals surface area contributed by atoms with Crippen LogP contribution >= 0.6 is 0 Å². The highest BCUT2D eigenvalue weighted by atomic mass is 16.6. The summed E-state index contributed by atoms with van der Waals surface area (Å²) >= 11 is 0. The Bertz CT molecular complexity index is 1140. The lowest BCUT2D eigenvalue weighted by Crippen LogP contribution is -2.54. The number of alkyl carbamates (subject to hydrolysis) is 1. The van der Waals surface area contributed by atoms with Gasteiger partial charge >= 0.3 is 6.09 Å². The van der Waals surface area contributed by atoms with Gasteiger partial charge in [0.25, 0.3) is 0 Å². The molecule has 0 aliphatic rings. The molecule has 0 aromatic heterocycles. The quantitative estimate of drug-likeness (QED) is 0.171. The number of benzene rings is 2. The van der Waals surface area contributed by atoms with Gasteiger partial charge in [-0.15, -0.1) is 0 Å². The third-order valence-electron chi connectivity index (χ3n) is 7.15. The Balaban J connectivity index is 2.51. The van der Waals surface area contributed by atoms with Gasteiger partial charge in [0.1, 0.15) is 23.4 Å². The molecule has 0 heterocycles. The summed E-state index contributed by atoms with van der Waals surface area (Å²) in [6.45, 7) is 12.4. The second kappa shape index (κ2) is 18.2. The second-order valence-electron chi connectivity index (χ2n) is 12.3. The number of nitrogens with one attached hydrogen (secondary N) is 2. The SMILES string of the molecule is CCCCCCCCN(C(=O)C(Cc1ccc(O)cc1)NC(=O)OC(C)(C)C)C(C(=O)NCCCC)c1cccc(C)c1. The molecular weight excluding hydrogens is 542 g/mol. The molecule has 2 aromatic rings. The largest absolute Gasteiger partial charge is 0.508 e. The lowest BCUT2D eigenvalue weighted by Gasteiger charge is -2.35. The zero-order valence-corrected chi connectivity index (χ0v) is 27.1. The van der Waals surface area contributed by atoms with E-state index in [-0.39, 0.29) is 24.0 Å². The predicted octanol–water partition coefficient (Wildman–Crippen LogP) is 6.98. The van der Waals surface area contributed by atoms with E-state index >= 15 is 0 Å². The minimum Gasteiger partial charge on any atom is -0.508 e. The van der Waals surface area contributed by atoms with Gasteiger partial charge in [0.05, 0.1) is 0 Å². The number of carbonyl (C=O) groups excluding carboxylic acids is 3. The molecule has 8 nitrogen and oxygen atoms in total. The molecule has 2 rings (SSSR count). The normalized spacial score (nSPS) is 12.7. The van der Waals surface area contributed by atoms with Crippen LogP contribution in [-0.2, 0) is 20.7 Å². The first-order chi connectivity index (χ1) is 20.4. The standard InChI is InChI=1S/C35H53N3O5/c1-7-9-11-12-13-14-23-38(31(32(40)36-22-10-8-2)28-17-15-16-26(3)24-28)33(41)30(37-34(42)43-35(4,5)6)25-27-18-20-29(39)21-19-27/h15-21,24,30-31,39H,7-14,22-23,25H2,1-6H3,(H,36,40)(H,37,42). The Morgan fingerprint density at radius 3 is 2.19 bits per heavy atom. The predicted molar refractivity (Wildman–Crippen MR) is 172 cm³/mol. The zero-order chi connectivity index (χ0) is 31.8. The number of unbranched alkanes of at least 4 members (excludes halogenated alkanes) is 6. The molecule has 3 N–H and O–H groups in total. The number of rotatable bonds is 17. The number of hydrogen-bond acceptors (Lipinski definition) is 5. The number of aryl methyl sites for hydroxylation is 1. The Morgan fingerprint density at radius 2 is 1.56 bits per heavy atom. The maximum atomic E-state index is 14.5. The first-order valence-electron chi connectivity index (χ1n) is 15.9.